The first kappa shape index (κ1) is 22.5. The number of hydrogen-bond donors (Lipinski definition) is 1. The maximum absolute atomic E-state index is 13.1. The predicted octanol–water partition coefficient (Wildman–Crippen LogP) is 1.90. The zero-order chi connectivity index (χ0) is 17.2. The summed E-state index contributed by atoms with van der Waals surface area (Å²) in [7, 11) is 1.94. The minimum absolute atomic E-state index is 0. The summed E-state index contributed by atoms with van der Waals surface area (Å²) in [5, 5.41) is 7.71. The van der Waals surface area contributed by atoms with E-state index >= 15 is 0 Å². The van der Waals surface area contributed by atoms with Crippen LogP contribution in [0.4, 0.5) is 0 Å². The van der Waals surface area contributed by atoms with Crippen LogP contribution in [-0.2, 0) is 11.8 Å². The van der Waals surface area contributed by atoms with Gasteiger partial charge in [-0.25, -0.2) is 0 Å². The van der Waals surface area contributed by atoms with Gasteiger partial charge in [0.05, 0.1) is 12.1 Å². The zero-order valence-corrected chi connectivity index (χ0v) is 17.8. The van der Waals surface area contributed by atoms with Gasteiger partial charge in [-0.2, -0.15) is 5.10 Å². The fourth-order valence-corrected chi connectivity index (χ4v) is 4.84. The Kier molecular flexibility index (Phi) is 8.40. The minimum Gasteiger partial charge on any atom is -0.342 e. The van der Waals surface area contributed by atoms with Crippen molar-refractivity contribution in [3.8, 4) is 0 Å². The molecule has 1 N–H and O–H groups in total. The fourth-order valence-electron chi connectivity index (χ4n) is 4.84. The van der Waals surface area contributed by atoms with E-state index in [2.05, 4.69) is 26.4 Å². The highest BCUT2D eigenvalue weighted by atomic mass is 35.5. The van der Waals surface area contributed by atoms with Gasteiger partial charge in [-0.1, -0.05) is 6.42 Å². The molecule has 0 spiro atoms. The SMILES string of the molecule is Cl.Cl.Cn1cc([C@H]2CNC[C@@H]2C(=O)N2CCC(CN3CCCCC3)C2)cn1. The first-order chi connectivity index (χ1) is 12.2. The van der Waals surface area contributed by atoms with Crippen LogP contribution in [0.3, 0.4) is 0 Å². The molecule has 4 rings (SSSR count). The third-order valence-corrected chi connectivity index (χ3v) is 6.25. The summed E-state index contributed by atoms with van der Waals surface area (Å²) in [6.45, 7) is 7.25. The van der Waals surface area contributed by atoms with Crippen molar-refractivity contribution in [2.75, 3.05) is 45.8 Å². The molecule has 4 heterocycles. The van der Waals surface area contributed by atoms with E-state index in [-0.39, 0.29) is 36.6 Å². The quantitative estimate of drug-likeness (QED) is 0.812. The van der Waals surface area contributed by atoms with Crippen LogP contribution in [0.25, 0.3) is 0 Å². The topological polar surface area (TPSA) is 53.4 Å². The molecule has 1 aromatic heterocycles. The second-order valence-corrected chi connectivity index (χ2v) is 8.12. The van der Waals surface area contributed by atoms with Gasteiger partial charge in [0.1, 0.15) is 0 Å². The van der Waals surface area contributed by atoms with Crippen LogP contribution in [0, 0.1) is 11.8 Å². The summed E-state index contributed by atoms with van der Waals surface area (Å²) in [6.07, 6.45) is 9.21. The number of rotatable bonds is 4. The monoisotopic (exact) mass is 417 g/mol. The van der Waals surface area contributed by atoms with Gasteiger partial charge in [-0.05, 0) is 43.8 Å². The average Bonchev–Trinajstić information content (AvgIpc) is 3.35. The van der Waals surface area contributed by atoms with Crippen LogP contribution in [0.1, 0.15) is 37.2 Å². The Hall–Kier alpha value is -0.820. The van der Waals surface area contributed by atoms with Crippen molar-refractivity contribution >= 4 is 30.7 Å². The lowest BCUT2D eigenvalue weighted by Gasteiger charge is -2.29. The first-order valence-corrected chi connectivity index (χ1v) is 9.91. The molecule has 3 aliphatic rings. The molecule has 154 valence electrons. The number of nitrogens with zero attached hydrogens (tertiary/aromatic N) is 4. The van der Waals surface area contributed by atoms with E-state index in [1.807, 2.05) is 17.9 Å². The highest BCUT2D eigenvalue weighted by molar-refractivity contribution is 5.85. The van der Waals surface area contributed by atoms with E-state index in [1.165, 1.54) is 50.9 Å². The summed E-state index contributed by atoms with van der Waals surface area (Å²) < 4.78 is 1.83. The van der Waals surface area contributed by atoms with Crippen LogP contribution >= 0.6 is 24.8 Å². The molecule has 1 unspecified atom stereocenters. The van der Waals surface area contributed by atoms with E-state index < -0.39 is 0 Å². The van der Waals surface area contributed by atoms with Crippen molar-refractivity contribution < 1.29 is 4.79 Å². The van der Waals surface area contributed by atoms with E-state index in [0.29, 0.717) is 11.8 Å². The van der Waals surface area contributed by atoms with E-state index in [4.69, 9.17) is 0 Å². The Morgan fingerprint density at radius 3 is 2.67 bits per heavy atom. The molecule has 6 nitrogen and oxygen atoms in total. The average molecular weight is 418 g/mol. The Morgan fingerprint density at radius 1 is 1.19 bits per heavy atom. The van der Waals surface area contributed by atoms with Gasteiger partial charge in [-0.3, -0.25) is 9.48 Å². The molecule has 27 heavy (non-hydrogen) atoms. The lowest BCUT2D eigenvalue weighted by molar-refractivity contribution is -0.134. The number of likely N-dealkylation sites (tertiary alicyclic amines) is 2. The summed E-state index contributed by atoms with van der Waals surface area (Å²) in [6, 6.07) is 0. The largest absolute Gasteiger partial charge is 0.342 e. The van der Waals surface area contributed by atoms with Gasteiger partial charge in [0, 0.05) is 51.9 Å². The number of aryl methyl sites for hydroxylation is 1. The van der Waals surface area contributed by atoms with Crippen molar-refractivity contribution in [3.63, 3.8) is 0 Å². The second kappa shape index (κ2) is 10.1. The van der Waals surface area contributed by atoms with Gasteiger partial charge in [-0.15, -0.1) is 24.8 Å². The number of piperidine rings is 1. The van der Waals surface area contributed by atoms with Gasteiger partial charge >= 0.3 is 0 Å². The van der Waals surface area contributed by atoms with Gasteiger partial charge in [0.25, 0.3) is 0 Å². The van der Waals surface area contributed by atoms with E-state index in [1.54, 1.807) is 0 Å². The number of carbonyl (C=O) groups is 1. The standard InChI is InChI=1S/C19H31N5O.2ClH/c1-22-14-16(9-21-22)17-10-20-11-18(17)19(25)24-8-5-15(13-24)12-23-6-3-2-4-7-23;;/h9,14-15,17-18,20H,2-8,10-13H2,1H3;2*1H/t15?,17-,18+;;/m1../s1. The Balaban J connectivity index is 0.00000131. The molecule has 0 aliphatic carbocycles. The van der Waals surface area contributed by atoms with Crippen LogP contribution in [0.2, 0.25) is 0 Å². The zero-order valence-electron chi connectivity index (χ0n) is 16.2. The lowest BCUT2D eigenvalue weighted by Crippen LogP contribution is -2.39. The molecule has 0 radical (unpaired) electrons. The molecule has 3 fully saturated rings. The molecule has 8 heteroatoms. The molecule has 3 atom stereocenters. The second-order valence-electron chi connectivity index (χ2n) is 8.12. The normalized spacial score (nSPS) is 28.6. The van der Waals surface area contributed by atoms with E-state index in [9.17, 15) is 4.79 Å². The highest BCUT2D eigenvalue weighted by Gasteiger charge is 2.39. The number of nitrogens with one attached hydrogen (secondary N) is 1. The van der Waals surface area contributed by atoms with Gasteiger partial charge < -0.3 is 15.1 Å². The Labute approximate surface area is 174 Å². The molecular weight excluding hydrogens is 385 g/mol. The van der Waals surface area contributed by atoms with Gasteiger partial charge in [0.2, 0.25) is 5.91 Å². The van der Waals surface area contributed by atoms with Crippen molar-refractivity contribution in [1.82, 2.24) is 24.9 Å². The molecule has 3 aliphatic heterocycles. The molecule has 3 saturated heterocycles. The smallest absolute Gasteiger partial charge is 0.227 e. The van der Waals surface area contributed by atoms with Crippen LogP contribution < -0.4 is 5.32 Å². The minimum atomic E-state index is 0. The van der Waals surface area contributed by atoms with Crippen molar-refractivity contribution in [2.45, 2.75) is 31.6 Å². The van der Waals surface area contributed by atoms with Crippen LogP contribution in [0.5, 0.6) is 0 Å². The third kappa shape index (κ3) is 5.17. The van der Waals surface area contributed by atoms with Crippen molar-refractivity contribution in [1.29, 1.82) is 0 Å². The van der Waals surface area contributed by atoms with Crippen molar-refractivity contribution in [2.24, 2.45) is 18.9 Å². The predicted molar refractivity (Wildman–Crippen MR) is 112 cm³/mol. The lowest BCUT2D eigenvalue weighted by atomic mass is 9.90. The molecule has 0 saturated carbocycles. The summed E-state index contributed by atoms with van der Waals surface area (Å²) in [4.78, 5) is 17.9. The highest BCUT2D eigenvalue weighted by Crippen LogP contribution is 2.31. The van der Waals surface area contributed by atoms with Gasteiger partial charge in [0.15, 0.2) is 0 Å². The van der Waals surface area contributed by atoms with Crippen LogP contribution in [0.15, 0.2) is 12.4 Å². The first-order valence-electron chi connectivity index (χ1n) is 9.91. The van der Waals surface area contributed by atoms with E-state index in [0.717, 1.165) is 26.2 Å². The number of aromatic nitrogens is 2. The fraction of sp³-hybridized carbons (Fsp3) is 0.789. The van der Waals surface area contributed by atoms with Crippen molar-refractivity contribution in [3.05, 3.63) is 18.0 Å². The summed E-state index contributed by atoms with van der Waals surface area (Å²) in [5.41, 5.74) is 1.19. The molecule has 1 amide bonds. The number of carbonyl (C=O) groups excluding carboxylic acids is 1. The molecule has 0 bridgehead atoms. The Bertz CT molecular complexity index is 605. The summed E-state index contributed by atoms with van der Waals surface area (Å²) >= 11 is 0. The Morgan fingerprint density at radius 2 is 1.96 bits per heavy atom. The van der Waals surface area contributed by atoms with Crippen LogP contribution in [-0.4, -0.2) is 71.3 Å². The maximum atomic E-state index is 13.1. The number of hydrogen-bond acceptors (Lipinski definition) is 4. The molecular formula is C19H33Cl2N5O. The molecule has 0 aromatic carbocycles. The number of amides is 1. The summed E-state index contributed by atoms with van der Waals surface area (Å²) in [5.74, 6) is 1.34. The maximum Gasteiger partial charge on any atom is 0.227 e. The third-order valence-electron chi connectivity index (χ3n) is 6.25. The number of halogens is 2. The molecule has 1 aromatic rings.